The molecule has 4 nitrogen and oxygen atoms in total. The van der Waals surface area contributed by atoms with E-state index in [1.54, 1.807) is 0 Å². The van der Waals surface area contributed by atoms with Gasteiger partial charge in [-0.25, -0.2) is 9.97 Å². The molecule has 4 heteroatoms. The lowest BCUT2D eigenvalue weighted by Gasteiger charge is -2.10. The van der Waals surface area contributed by atoms with Crippen molar-refractivity contribution in [2.75, 3.05) is 5.32 Å². The smallest absolute Gasteiger partial charge is 0.259 e. The number of aryl methyl sites for hydroxylation is 4. The molecule has 1 amide bonds. The molecule has 0 spiro atoms. The number of amides is 1. The minimum atomic E-state index is -0.163. The van der Waals surface area contributed by atoms with Crippen molar-refractivity contribution in [3.05, 3.63) is 52.6 Å². The van der Waals surface area contributed by atoms with E-state index in [9.17, 15) is 4.79 Å². The van der Waals surface area contributed by atoms with Crippen LogP contribution in [0, 0.1) is 20.8 Å². The summed E-state index contributed by atoms with van der Waals surface area (Å²) in [6, 6.07) is 7.86. The quantitative estimate of drug-likeness (QED) is 0.930. The van der Waals surface area contributed by atoms with E-state index in [1.807, 2.05) is 45.0 Å². The first-order valence-corrected chi connectivity index (χ1v) is 6.73. The number of benzene rings is 1. The molecule has 0 saturated carbocycles. The van der Waals surface area contributed by atoms with Crippen molar-refractivity contribution in [3.8, 4) is 0 Å². The van der Waals surface area contributed by atoms with E-state index in [4.69, 9.17) is 0 Å². The minimum Gasteiger partial charge on any atom is -0.322 e. The van der Waals surface area contributed by atoms with E-state index in [2.05, 4.69) is 22.2 Å². The summed E-state index contributed by atoms with van der Waals surface area (Å²) in [5.74, 6) is 0.521. The maximum absolute atomic E-state index is 12.3. The first-order chi connectivity index (χ1) is 9.51. The Hall–Kier alpha value is -2.23. The van der Waals surface area contributed by atoms with Crippen LogP contribution in [0.25, 0.3) is 0 Å². The van der Waals surface area contributed by atoms with Gasteiger partial charge in [0, 0.05) is 5.69 Å². The third-order valence-corrected chi connectivity index (χ3v) is 3.23. The third kappa shape index (κ3) is 3.02. The molecule has 2 aromatic rings. The molecule has 1 aromatic carbocycles. The van der Waals surface area contributed by atoms with Gasteiger partial charge in [0.25, 0.3) is 5.91 Å². The molecular formula is C16H19N3O. The van der Waals surface area contributed by atoms with Gasteiger partial charge in [0.2, 0.25) is 0 Å². The molecule has 0 atom stereocenters. The summed E-state index contributed by atoms with van der Waals surface area (Å²) in [6.07, 6.45) is 0.984. The van der Waals surface area contributed by atoms with Crippen LogP contribution in [0.3, 0.4) is 0 Å². The fourth-order valence-corrected chi connectivity index (χ4v) is 2.23. The summed E-state index contributed by atoms with van der Waals surface area (Å²) in [4.78, 5) is 20.8. The third-order valence-electron chi connectivity index (χ3n) is 3.23. The molecule has 0 aliphatic heterocycles. The summed E-state index contributed by atoms with van der Waals surface area (Å²) in [7, 11) is 0. The number of anilines is 1. The second kappa shape index (κ2) is 5.82. The van der Waals surface area contributed by atoms with Crippen LogP contribution in [0.15, 0.2) is 24.3 Å². The van der Waals surface area contributed by atoms with Crippen molar-refractivity contribution in [1.29, 1.82) is 0 Å². The summed E-state index contributed by atoms with van der Waals surface area (Å²) >= 11 is 0. The highest BCUT2D eigenvalue weighted by Gasteiger charge is 2.15. The van der Waals surface area contributed by atoms with E-state index in [0.29, 0.717) is 22.8 Å². The molecule has 1 aromatic heterocycles. The van der Waals surface area contributed by atoms with Gasteiger partial charge in [-0.1, -0.05) is 19.1 Å². The molecule has 2 rings (SSSR count). The standard InChI is InChI=1S/C16H19N3O/c1-5-13-6-8-14(9-7-13)19-16(20)15-10(2)17-12(4)18-11(15)3/h6-9H,5H2,1-4H3,(H,19,20). The van der Waals surface area contributed by atoms with Crippen LogP contribution in [-0.2, 0) is 6.42 Å². The van der Waals surface area contributed by atoms with Gasteiger partial charge in [-0.2, -0.15) is 0 Å². The zero-order valence-corrected chi connectivity index (χ0v) is 12.3. The molecule has 1 heterocycles. The SMILES string of the molecule is CCc1ccc(NC(=O)c2c(C)nc(C)nc2C)cc1. The fraction of sp³-hybridized carbons (Fsp3) is 0.312. The maximum atomic E-state index is 12.3. The van der Waals surface area contributed by atoms with Crippen molar-refractivity contribution in [2.24, 2.45) is 0 Å². The molecule has 0 radical (unpaired) electrons. The van der Waals surface area contributed by atoms with Gasteiger partial charge in [-0.3, -0.25) is 4.79 Å². The summed E-state index contributed by atoms with van der Waals surface area (Å²) in [5.41, 5.74) is 3.99. The largest absolute Gasteiger partial charge is 0.322 e. The molecule has 1 N–H and O–H groups in total. The predicted molar refractivity (Wildman–Crippen MR) is 80.0 cm³/mol. The second-order valence-corrected chi connectivity index (χ2v) is 4.82. The van der Waals surface area contributed by atoms with Crippen LogP contribution in [0.2, 0.25) is 0 Å². The van der Waals surface area contributed by atoms with E-state index in [0.717, 1.165) is 12.1 Å². The number of hydrogen-bond acceptors (Lipinski definition) is 3. The topological polar surface area (TPSA) is 54.9 Å². The summed E-state index contributed by atoms with van der Waals surface area (Å²) < 4.78 is 0. The molecular weight excluding hydrogens is 250 g/mol. The number of nitrogens with zero attached hydrogens (tertiary/aromatic N) is 2. The molecule has 20 heavy (non-hydrogen) atoms. The van der Waals surface area contributed by atoms with E-state index in [1.165, 1.54) is 5.56 Å². The molecule has 0 fully saturated rings. The van der Waals surface area contributed by atoms with Crippen LogP contribution < -0.4 is 5.32 Å². The number of carbonyl (C=O) groups excluding carboxylic acids is 1. The Labute approximate surface area is 119 Å². The zero-order chi connectivity index (χ0) is 14.7. The molecule has 0 unspecified atom stereocenters. The Kier molecular flexibility index (Phi) is 4.13. The normalized spacial score (nSPS) is 10.4. The maximum Gasteiger partial charge on any atom is 0.259 e. The first kappa shape index (κ1) is 14.2. The lowest BCUT2D eigenvalue weighted by atomic mass is 10.1. The van der Waals surface area contributed by atoms with Crippen molar-refractivity contribution >= 4 is 11.6 Å². The highest BCUT2D eigenvalue weighted by molar-refractivity contribution is 6.05. The van der Waals surface area contributed by atoms with Gasteiger partial charge in [0.15, 0.2) is 0 Å². The van der Waals surface area contributed by atoms with Crippen LogP contribution in [0.4, 0.5) is 5.69 Å². The Balaban J connectivity index is 2.23. The van der Waals surface area contributed by atoms with Gasteiger partial charge in [-0.05, 0) is 44.9 Å². The van der Waals surface area contributed by atoms with Crippen molar-refractivity contribution in [1.82, 2.24) is 9.97 Å². The van der Waals surface area contributed by atoms with Gasteiger partial charge < -0.3 is 5.32 Å². The molecule has 0 saturated heterocycles. The van der Waals surface area contributed by atoms with Crippen molar-refractivity contribution in [3.63, 3.8) is 0 Å². The van der Waals surface area contributed by atoms with Crippen molar-refractivity contribution in [2.45, 2.75) is 34.1 Å². The Morgan fingerprint density at radius 1 is 1.05 bits per heavy atom. The van der Waals surface area contributed by atoms with Crippen LogP contribution >= 0.6 is 0 Å². The highest BCUT2D eigenvalue weighted by Crippen LogP contribution is 2.15. The Morgan fingerprint density at radius 3 is 2.10 bits per heavy atom. The second-order valence-electron chi connectivity index (χ2n) is 4.82. The lowest BCUT2D eigenvalue weighted by Crippen LogP contribution is -2.17. The first-order valence-electron chi connectivity index (χ1n) is 6.73. The molecule has 0 bridgehead atoms. The molecule has 0 aliphatic rings. The number of rotatable bonds is 3. The summed E-state index contributed by atoms with van der Waals surface area (Å²) in [6.45, 7) is 7.59. The van der Waals surface area contributed by atoms with Gasteiger partial charge in [0.05, 0.1) is 17.0 Å². The average Bonchev–Trinajstić information content (AvgIpc) is 2.38. The van der Waals surface area contributed by atoms with Gasteiger partial charge >= 0.3 is 0 Å². The van der Waals surface area contributed by atoms with E-state index in [-0.39, 0.29) is 5.91 Å². The highest BCUT2D eigenvalue weighted by atomic mass is 16.1. The lowest BCUT2D eigenvalue weighted by molar-refractivity contribution is 0.102. The van der Waals surface area contributed by atoms with E-state index < -0.39 is 0 Å². The Morgan fingerprint density at radius 2 is 1.60 bits per heavy atom. The molecule has 0 aliphatic carbocycles. The number of nitrogens with one attached hydrogen (secondary N) is 1. The number of carbonyl (C=O) groups is 1. The van der Waals surface area contributed by atoms with Crippen LogP contribution in [0.1, 0.15) is 40.1 Å². The minimum absolute atomic E-state index is 0.163. The molecule has 104 valence electrons. The van der Waals surface area contributed by atoms with Crippen molar-refractivity contribution < 1.29 is 4.79 Å². The van der Waals surface area contributed by atoms with Gasteiger partial charge in [0.1, 0.15) is 5.82 Å². The number of hydrogen-bond donors (Lipinski definition) is 1. The number of aromatic nitrogens is 2. The predicted octanol–water partition coefficient (Wildman–Crippen LogP) is 3.22. The van der Waals surface area contributed by atoms with E-state index >= 15 is 0 Å². The fourth-order valence-electron chi connectivity index (χ4n) is 2.23. The Bertz CT molecular complexity index is 610. The van der Waals surface area contributed by atoms with Crippen LogP contribution in [0.5, 0.6) is 0 Å². The summed E-state index contributed by atoms with van der Waals surface area (Å²) in [5, 5.41) is 2.89. The monoisotopic (exact) mass is 269 g/mol. The zero-order valence-electron chi connectivity index (χ0n) is 12.3. The van der Waals surface area contributed by atoms with Crippen LogP contribution in [-0.4, -0.2) is 15.9 Å². The average molecular weight is 269 g/mol. The van der Waals surface area contributed by atoms with Gasteiger partial charge in [-0.15, -0.1) is 0 Å².